The number of benzene rings is 1. The summed E-state index contributed by atoms with van der Waals surface area (Å²) in [5, 5.41) is 8.41. The topological polar surface area (TPSA) is 92.4 Å². The first-order valence-corrected chi connectivity index (χ1v) is 4.45. The first-order valence-electron chi connectivity index (χ1n) is 4.45. The van der Waals surface area contributed by atoms with Crippen molar-refractivity contribution >= 4 is 17.4 Å². The van der Waals surface area contributed by atoms with Crippen molar-refractivity contribution in [1.82, 2.24) is 0 Å². The molecule has 15 heavy (non-hydrogen) atoms. The van der Waals surface area contributed by atoms with Crippen molar-refractivity contribution in [3.05, 3.63) is 29.8 Å². The van der Waals surface area contributed by atoms with Crippen LogP contribution >= 0.6 is 0 Å². The van der Waals surface area contributed by atoms with E-state index < -0.39 is 5.97 Å². The van der Waals surface area contributed by atoms with Crippen LogP contribution in [0.4, 0.5) is 5.69 Å². The van der Waals surface area contributed by atoms with Crippen molar-refractivity contribution in [2.45, 2.75) is 12.8 Å². The SMILES string of the molecule is NNc1ccc(C(=O)CCC(=O)O)cc1. The summed E-state index contributed by atoms with van der Waals surface area (Å²) in [5.41, 5.74) is 3.63. The van der Waals surface area contributed by atoms with Gasteiger partial charge in [0.1, 0.15) is 0 Å². The molecule has 0 bridgehead atoms. The molecular weight excluding hydrogens is 196 g/mol. The molecule has 0 spiro atoms. The highest BCUT2D eigenvalue weighted by Crippen LogP contribution is 2.10. The number of rotatable bonds is 5. The van der Waals surface area contributed by atoms with Gasteiger partial charge in [0.2, 0.25) is 0 Å². The van der Waals surface area contributed by atoms with Gasteiger partial charge in [0.05, 0.1) is 6.42 Å². The summed E-state index contributed by atoms with van der Waals surface area (Å²) in [6.45, 7) is 0. The van der Waals surface area contributed by atoms with E-state index in [2.05, 4.69) is 5.43 Å². The van der Waals surface area contributed by atoms with Gasteiger partial charge in [-0.2, -0.15) is 0 Å². The van der Waals surface area contributed by atoms with Gasteiger partial charge in [0.25, 0.3) is 0 Å². The molecule has 0 saturated carbocycles. The maximum Gasteiger partial charge on any atom is 0.303 e. The van der Waals surface area contributed by atoms with Crippen molar-refractivity contribution < 1.29 is 14.7 Å². The molecule has 0 fully saturated rings. The molecule has 0 aliphatic heterocycles. The fourth-order valence-corrected chi connectivity index (χ4v) is 1.12. The first kappa shape index (κ1) is 11.2. The van der Waals surface area contributed by atoms with Gasteiger partial charge in [-0.3, -0.25) is 15.4 Å². The number of hydrogen-bond acceptors (Lipinski definition) is 4. The molecule has 0 unspecified atom stereocenters. The summed E-state index contributed by atoms with van der Waals surface area (Å²) in [7, 11) is 0. The Morgan fingerprint density at radius 1 is 1.20 bits per heavy atom. The van der Waals surface area contributed by atoms with Crippen LogP contribution in [-0.2, 0) is 4.79 Å². The highest BCUT2D eigenvalue weighted by atomic mass is 16.4. The third-order valence-corrected chi connectivity index (χ3v) is 1.94. The van der Waals surface area contributed by atoms with Crippen LogP contribution in [0.3, 0.4) is 0 Å². The fraction of sp³-hybridized carbons (Fsp3) is 0.200. The van der Waals surface area contributed by atoms with E-state index >= 15 is 0 Å². The van der Waals surface area contributed by atoms with Gasteiger partial charge in [-0.05, 0) is 24.3 Å². The van der Waals surface area contributed by atoms with E-state index in [1.54, 1.807) is 24.3 Å². The molecule has 80 valence electrons. The Hall–Kier alpha value is -1.88. The van der Waals surface area contributed by atoms with Gasteiger partial charge in [-0.25, -0.2) is 0 Å². The van der Waals surface area contributed by atoms with Crippen LogP contribution in [0.1, 0.15) is 23.2 Å². The average Bonchev–Trinajstić information content (AvgIpc) is 2.26. The van der Waals surface area contributed by atoms with E-state index in [1.165, 1.54) is 0 Å². The van der Waals surface area contributed by atoms with Crippen LogP contribution in [0, 0.1) is 0 Å². The molecule has 5 heteroatoms. The quantitative estimate of drug-likeness (QED) is 0.381. The molecule has 0 saturated heterocycles. The second-order valence-corrected chi connectivity index (χ2v) is 3.04. The van der Waals surface area contributed by atoms with Crippen LogP contribution in [0.15, 0.2) is 24.3 Å². The number of Topliss-reactive ketones (excluding diaryl/α,β-unsaturated/α-hetero) is 1. The van der Waals surface area contributed by atoms with Gasteiger partial charge >= 0.3 is 5.97 Å². The summed E-state index contributed by atoms with van der Waals surface area (Å²) < 4.78 is 0. The van der Waals surface area contributed by atoms with E-state index in [9.17, 15) is 9.59 Å². The van der Waals surface area contributed by atoms with E-state index in [4.69, 9.17) is 10.9 Å². The number of carboxylic acids is 1. The zero-order chi connectivity index (χ0) is 11.3. The molecule has 0 amide bonds. The zero-order valence-electron chi connectivity index (χ0n) is 8.06. The normalized spacial score (nSPS) is 9.67. The number of nitrogen functional groups attached to an aromatic ring is 1. The Balaban J connectivity index is 2.62. The van der Waals surface area contributed by atoms with Gasteiger partial charge in [0.15, 0.2) is 5.78 Å². The van der Waals surface area contributed by atoms with Gasteiger partial charge in [-0.1, -0.05) is 0 Å². The number of aliphatic carboxylic acids is 1. The van der Waals surface area contributed by atoms with Crippen molar-refractivity contribution in [2.24, 2.45) is 5.84 Å². The second kappa shape index (κ2) is 5.11. The highest BCUT2D eigenvalue weighted by molar-refractivity contribution is 5.97. The van der Waals surface area contributed by atoms with Crippen LogP contribution in [0.25, 0.3) is 0 Å². The maximum atomic E-state index is 11.4. The second-order valence-electron chi connectivity index (χ2n) is 3.04. The first-order chi connectivity index (χ1) is 7.13. The minimum Gasteiger partial charge on any atom is -0.481 e. The number of ketones is 1. The number of anilines is 1. The number of carboxylic acid groups (broad SMARTS) is 1. The molecule has 0 heterocycles. The summed E-state index contributed by atoms with van der Waals surface area (Å²) in [5.74, 6) is 4.01. The van der Waals surface area contributed by atoms with Crippen LogP contribution in [-0.4, -0.2) is 16.9 Å². The zero-order valence-corrected chi connectivity index (χ0v) is 8.06. The van der Waals surface area contributed by atoms with Crippen molar-refractivity contribution in [3.8, 4) is 0 Å². The lowest BCUT2D eigenvalue weighted by molar-refractivity contribution is -0.136. The molecule has 1 rings (SSSR count). The lowest BCUT2D eigenvalue weighted by atomic mass is 10.1. The molecule has 0 aromatic heterocycles. The van der Waals surface area contributed by atoms with Gasteiger partial charge in [0, 0.05) is 17.7 Å². The fourth-order valence-electron chi connectivity index (χ4n) is 1.12. The lowest BCUT2D eigenvalue weighted by Gasteiger charge is -2.01. The lowest BCUT2D eigenvalue weighted by Crippen LogP contribution is -2.07. The predicted octanol–water partition coefficient (Wildman–Crippen LogP) is 1.02. The molecule has 4 N–H and O–H groups in total. The number of carbonyl (C=O) groups is 2. The molecule has 0 aliphatic carbocycles. The van der Waals surface area contributed by atoms with Crippen molar-refractivity contribution in [3.63, 3.8) is 0 Å². The minimum absolute atomic E-state index is 0.0186. The maximum absolute atomic E-state index is 11.4. The van der Waals surface area contributed by atoms with E-state index in [0.29, 0.717) is 11.3 Å². The number of hydrogen-bond donors (Lipinski definition) is 3. The van der Waals surface area contributed by atoms with Gasteiger partial charge < -0.3 is 10.5 Å². The van der Waals surface area contributed by atoms with E-state index in [-0.39, 0.29) is 18.6 Å². The highest BCUT2D eigenvalue weighted by Gasteiger charge is 2.07. The Bertz CT molecular complexity index is 359. The predicted molar refractivity (Wildman–Crippen MR) is 55.5 cm³/mol. The Kier molecular flexibility index (Phi) is 3.82. The Labute approximate surface area is 86.9 Å². The Morgan fingerprint density at radius 2 is 1.80 bits per heavy atom. The number of nitrogens with two attached hydrogens (primary N) is 1. The smallest absolute Gasteiger partial charge is 0.303 e. The molecular formula is C10H12N2O3. The third kappa shape index (κ3) is 3.40. The standard InChI is InChI=1S/C10H12N2O3/c11-12-8-3-1-7(2-4-8)9(13)5-6-10(14)15/h1-4,12H,5-6,11H2,(H,14,15). The number of nitrogens with one attached hydrogen (secondary N) is 1. The van der Waals surface area contributed by atoms with Crippen LogP contribution < -0.4 is 11.3 Å². The number of hydrazine groups is 1. The largest absolute Gasteiger partial charge is 0.481 e. The van der Waals surface area contributed by atoms with Gasteiger partial charge in [-0.15, -0.1) is 0 Å². The molecule has 5 nitrogen and oxygen atoms in total. The third-order valence-electron chi connectivity index (χ3n) is 1.94. The Morgan fingerprint density at radius 3 is 2.27 bits per heavy atom. The average molecular weight is 208 g/mol. The molecule has 1 aromatic carbocycles. The van der Waals surface area contributed by atoms with E-state index in [1.807, 2.05) is 0 Å². The summed E-state index contributed by atoms with van der Waals surface area (Å²) in [4.78, 5) is 21.7. The van der Waals surface area contributed by atoms with E-state index in [0.717, 1.165) is 0 Å². The molecule has 1 aromatic rings. The summed E-state index contributed by atoms with van der Waals surface area (Å²) >= 11 is 0. The minimum atomic E-state index is -0.969. The monoisotopic (exact) mass is 208 g/mol. The summed E-state index contributed by atoms with van der Waals surface area (Å²) in [6, 6.07) is 6.54. The molecule has 0 atom stereocenters. The molecule has 0 radical (unpaired) electrons. The van der Waals surface area contributed by atoms with Crippen LogP contribution in [0.2, 0.25) is 0 Å². The van der Waals surface area contributed by atoms with Crippen molar-refractivity contribution in [2.75, 3.05) is 5.43 Å². The van der Waals surface area contributed by atoms with Crippen molar-refractivity contribution in [1.29, 1.82) is 0 Å². The van der Waals surface area contributed by atoms with Crippen LogP contribution in [0.5, 0.6) is 0 Å². The molecule has 0 aliphatic rings. The summed E-state index contributed by atoms with van der Waals surface area (Å²) in [6.07, 6.45) is -0.125. The number of carbonyl (C=O) groups excluding carboxylic acids is 1.